The number of aromatic nitrogens is 2. The number of nitrogens with zero attached hydrogens (tertiary/aromatic N) is 3. The summed E-state index contributed by atoms with van der Waals surface area (Å²) in [6.07, 6.45) is -1.84. The van der Waals surface area contributed by atoms with Crippen LogP contribution in [0.3, 0.4) is 0 Å². The van der Waals surface area contributed by atoms with E-state index in [-0.39, 0.29) is 22.2 Å². The second-order valence-electron chi connectivity index (χ2n) is 5.91. The molecule has 0 saturated heterocycles. The number of pyridine rings is 1. The Hall–Kier alpha value is -2.13. The standard InChI is InChI=1S/C21H25N3/c1-15-4-7-20-18(12-15)19-14-23(3)10-9-21(19)24(20)11-8-17-6-5-16(2)22-13-17/h4-7,12-13H,8-11,14H2,1-3H3/i3D3,9D2,10D2,11D2,14D2. The Morgan fingerprint density at radius 3 is 3.00 bits per heavy atom. The Bertz CT molecular complexity index is 1290. The molecule has 0 radical (unpaired) electrons. The first-order chi connectivity index (χ1) is 15.8. The van der Waals surface area contributed by atoms with E-state index in [9.17, 15) is 0 Å². The van der Waals surface area contributed by atoms with Crippen molar-refractivity contribution in [2.75, 3.05) is 13.5 Å². The van der Waals surface area contributed by atoms with Gasteiger partial charge in [-0.25, -0.2) is 0 Å². The number of likely N-dealkylation sites (N-methyl/N-ethyl adjacent to an activating group) is 1. The maximum Gasteiger partial charge on any atom is 0.0501 e. The molecule has 0 fully saturated rings. The van der Waals surface area contributed by atoms with E-state index in [1.165, 1.54) is 12.3 Å². The molecule has 1 aromatic carbocycles. The average Bonchev–Trinajstić information content (AvgIpc) is 3.04. The van der Waals surface area contributed by atoms with Gasteiger partial charge < -0.3 is 9.47 Å². The summed E-state index contributed by atoms with van der Waals surface area (Å²) in [6.45, 7) is -8.45. The van der Waals surface area contributed by atoms with Crippen LogP contribution in [0.15, 0.2) is 36.5 Å². The lowest BCUT2D eigenvalue weighted by Crippen LogP contribution is -2.27. The van der Waals surface area contributed by atoms with Crippen molar-refractivity contribution >= 4 is 10.9 Å². The van der Waals surface area contributed by atoms with Gasteiger partial charge in [0.25, 0.3) is 0 Å². The predicted octanol–water partition coefficient (Wildman–Crippen LogP) is 3.88. The number of rotatable bonds is 3. The van der Waals surface area contributed by atoms with Crippen molar-refractivity contribution in [1.29, 1.82) is 0 Å². The fourth-order valence-electron chi connectivity index (χ4n) is 2.82. The smallest absolute Gasteiger partial charge is 0.0501 e. The first kappa shape index (κ1) is 7.40. The Labute approximate surface area is 159 Å². The highest BCUT2D eigenvalue weighted by Gasteiger charge is 2.22. The molecule has 2 aromatic heterocycles. The van der Waals surface area contributed by atoms with E-state index in [1.807, 2.05) is 0 Å². The number of hydrogen-bond donors (Lipinski definition) is 0. The molecule has 3 heterocycles. The quantitative estimate of drug-likeness (QED) is 0.726. The molecular weight excluding hydrogens is 294 g/mol. The zero-order valence-corrected chi connectivity index (χ0v) is 13.5. The molecule has 3 nitrogen and oxygen atoms in total. The molecule has 0 spiro atoms. The largest absolute Gasteiger partial charge is 0.344 e. The Balaban J connectivity index is 2.11. The molecule has 4 rings (SSSR count). The molecule has 0 unspecified atom stereocenters. The van der Waals surface area contributed by atoms with Gasteiger partial charge in [-0.1, -0.05) is 17.7 Å². The minimum absolute atomic E-state index is 0.0547. The van der Waals surface area contributed by atoms with E-state index in [2.05, 4.69) is 4.98 Å². The van der Waals surface area contributed by atoms with Crippen molar-refractivity contribution in [2.24, 2.45) is 0 Å². The lowest BCUT2D eigenvalue weighted by atomic mass is 10.0. The molecule has 0 saturated carbocycles. The third kappa shape index (κ3) is 2.73. The van der Waals surface area contributed by atoms with Crippen molar-refractivity contribution in [3.63, 3.8) is 0 Å². The van der Waals surface area contributed by atoms with Crippen molar-refractivity contribution in [3.8, 4) is 0 Å². The van der Waals surface area contributed by atoms with Gasteiger partial charge in [-0.3, -0.25) is 4.98 Å². The molecular formula is C21H25N3. The lowest BCUT2D eigenvalue weighted by Gasteiger charge is -2.24. The Kier molecular flexibility index (Phi) is 1.87. The summed E-state index contributed by atoms with van der Waals surface area (Å²) in [6, 6.07) is 8.13. The molecule has 3 aromatic rings. The third-order valence-electron chi connectivity index (χ3n) is 4.05. The van der Waals surface area contributed by atoms with E-state index in [1.54, 1.807) is 38.1 Å². The van der Waals surface area contributed by atoms with Gasteiger partial charge in [-0.15, -0.1) is 0 Å². The summed E-state index contributed by atoms with van der Waals surface area (Å²) in [7, 11) is 0. The number of fused-ring (bicyclic) bond motifs is 3. The van der Waals surface area contributed by atoms with E-state index in [4.69, 9.17) is 15.1 Å². The molecule has 1 aliphatic heterocycles. The monoisotopic (exact) mass is 330 g/mol. The minimum Gasteiger partial charge on any atom is -0.344 e. The van der Waals surface area contributed by atoms with E-state index >= 15 is 0 Å². The zero-order chi connectivity index (χ0) is 26.4. The van der Waals surface area contributed by atoms with Crippen LogP contribution in [0.25, 0.3) is 10.9 Å². The summed E-state index contributed by atoms with van der Waals surface area (Å²) in [5.74, 6) is 0. The first-order valence-corrected chi connectivity index (χ1v) is 7.72. The highest BCUT2D eigenvalue weighted by molar-refractivity contribution is 5.86. The van der Waals surface area contributed by atoms with Gasteiger partial charge in [0.15, 0.2) is 0 Å². The van der Waals surface area contributed by atoms with Crippen LogP contribution in [-0.4, -0.2) is 27.9 Å². The molecule has 124 valence electrons. The molecule has 0 N–H and O–H groups in total. The SMILES string of the molecule is [2H]C([2H])([2H])N1C([2H])([2H])c2c(n(C([2H])([2H])Cc3ccc(C)nc3)c3ccc(C)cc23)C([2H])([2H])C1([2H])[2H]. The molecule has 0 amide bonds. The summed E-state index contributed by atoms with van der Waals surface area (Å²) >= 11 is 0. The topological polar surface area (TPSA) is 21.1 Å². The highest BCUT2D eigenvalue weighted by atomic mass is 15.1. The Morgan fingerprint density at radius 2 is 2.21 bits per heavy atom. The molecule has 0 aliphatic carbocycles. The fourth-order valence-corrected chi connectivity index (χ4v) is 2.82. The molecule has 1 aliphatic rings. The van der Waals surface area contributed by atoms with Gasteiger partial charge in [0.1, 0.15) is 0 Å². The third-order valence-corrected chi connectivity index (χ3v) is 4.05. The summed E-state index contributed by atoms with van der Waals surface area (Å²) < 4.78 is 94.2. The van der Waals surface area contributed by atoms with Gasteiger partial charge in [-0.2, -0.15) is 0 Å². The molecule has 24 heavy (non-hydrogen) atoms. The van der Waals surface area contributed by atoms with Crippen LogP contribution >= 0.6 is 0 Å². The van der Waals surface area contributed by atoms with Crippen LogP contribution < -0.4 is 0 Å². The van der Waals surface area contributed by atoms with Gasteiger partial charge in [0, 0.05) is 66.7 Å². The van der Waals surface area contributed by atoms with Crippen molar-refractivity contribution in [1.82, 2.24) is 14.5 Å². The van der Waals surface area contributed by atoms with E-state index in [0.717, 1.165) is 10.3 Å². The second-order valence-corrected chi connectivity index (χ2v) is 5.91. The highest BCUT2D eigenvalue weighted by Crippen LogP contribution is 2.31. The van der Waals surface area contributed by atoms with Gasteiger partial charge in [0.2, 0.25) is 0 Å². The Morgan fingerprint density at radius 1 is 1.29 bits per heavy atom. The number of aryl methyl sites for hydroxylation is 4. The van der Waals surface area contributed by atoms with Crippen LogP contribution in [0, 0.1) is 13.8 Å². The molecule has 0 atom stereocenters. The van der Waals surface area contributed by atoms with Crippen LogP contribution in [-0.2, 0) is 25.8 Å². The summed E-state index contributed by atoms with van der Waals surface area (Å²) in [4.78, 5) is 4.12. The van der Waals surface area contributed by atoms with Gasteiger partial charge in [0.05, 0.1) is 2.74 Å². The number of hydrogen-bond acceptors (Lipinski definition) is 2. The summed E-state index contributed by atoms with van der Waals surface area (Å²) in [5.41, 5.74) is 1.11. The predicted molar refractivity (Wildman–Crippen MR) is 99.4 cm³/mol. The molecule has 0 bridgehead atoms. The van der Waals surface area contributed by atoms with E-state index in [0.29, 0.717) is 11.1 Å². The average molecular weight is 331 g/mol. The van der Waals surface area contributed by atoms with Gasteiger partial charge in [-0.05, 0) is 56.6 Å². The van der Waals surface area contributed by atoms with Crippen molar-refractivity contribution < 1.29 is 15.1 Å². The second kappa shape index (κ2) is 6.06. The minimum atomic E-state index is -3.34. The van der Waals surface area contributed by atoms with Crippen molar-refractivity contribution in [2.45, 2.75) is 39.6 Å². The zero-order valence-electron chi connectivity index (χ0n) is 24.5. The lowest BCUT2D eigenvalue weighted by molar-refractivity contribution is 0.309. The van der Waals surface area contributed by atoms with Crippen LogP contribution in [0.4, 0.5) is 0 Å². The van der Waals surface area contributed by atoms with E-state index < -0.39 is 44.1 Å². The maximum atomic E-state index is 8.92. The normalized spacial score (nSPS) is 29.2. The first-order valence-electron chi connectivity index (χ1n) is 13.2. The van der Waals surface area contributed by atoms with Crippen LogP contribution in [0.5, 0.6) is 0 Å². The summed E-state index contributed by atoms with van der Waals surface area (Å²) in [5, 5.41) is 0.129. The van der Waals surface area contributed by atoms with Gasteiger partial charge >= 0.3 is 0 Å². The molecule has 3 heteroatoms. The number of benzene rings is 1. The van der Waals surface area contributed by atoms with Crippen molar-refractivity contribution in [3.05, 3.63) is 64.6 Å². The van der Waals surface area contributed by atoms with Crippen LogP contribution in [0.2, 0.25) is 0 Å². The van der Waals surface area contributed by atoms with Crippen LogP contribution in [0.1, 0.15) is 43.2 Å². The fraction of sp³-hybridized carbons (Fsp3) is 0.381. The maximum absolute atomic E-state index is 8.92.